The molecule has 0 saturated carbocycles. The molecule has 0 unspecified atom stereocenters. The Kier molecular flexibility index (Phi) is 5.73. The average Bonchev–Trinajstić information content (AvgIpc) is 2.62. The minimum atomic E-state index is -0.363. The van der Waals surface area contributed by atoms with Gasteiger partial charge in [0.15, 0.2) is 0 Å². The first-order chi connectivity index (χ1) is 12.5. The van der Waals surface area contributed by atoms with Gasteiger partial charge in [-0.25, -0.2) is 4.39 Å². The summed E-state index contributed by atoms with van der Waals surface area (Å²) in [5.41, 5.74) is 1.49. The minimum absolute atomic E-state index is 0.205. The van der Waals surface area contributed by atoms with Crippen molar-refractivity contribution in [3.8, 4) is 0 Å². The van der Waals surface area contributed by atoms with Gasteiger partial charge in [-0.05, 0) is 42.5 Å². The van der Waals surface area contributed by atoms with Gasteiger partial charge in [0.25, 0.3) is 0 Å². The smallest absolute Gasteiger partial charge is 0.233 e. The van der Waals surface area contributed by atoms with E-state index in [9.17, 15) is 14.0 Å². The van der Waals surface area contributed by atoms with Gasteiger partial charge >= 0.3 is 0 Å². The van der Waals surface area contributed by atoms with Gasteiger partial charge in [-0.3, -0.25) is 9.59 Å². The monoisotopic (exact) mass is 375 g/mol. The van der Waals surface area contributed by atoms with Crippen LogP contribution in [0.3, 0.4) is 0 Å². The summed E-state index contributed by atoms with van der Waals surface area (Å²) in [4.78, 5) is 28.1. The molecule has 1 fully saturated rings. The number of hydrogen-bond donors (Lipinski definition) is 1. The van der Waals surface area contributed by atoms with E-state index in [1.54, 1.807) is 41.3 Å². The topological polar surface area (TPSA) is 52.7 Å². The highest BCUT2D eigenvalue weighted by molar-refractivity contribution is 6.30. The van der Waals surface area contributed by atoms with E-state index in [0.29, 0.717) is 36.9 Å². The minimum Gasteiger partial charge on any atom is -0.368 e. The Morgan fingerprint density at radius 3 is 2.38 bits per heavy atom. The van der Waals surface area contributed by atoms with Crippen molar-refractivity contribution in [1.82, 2.24) is 4.90 Å². The quantitative estimate of drug-likeness (QED) is 0.835. The zero-order valence-electron chi connectivity index (χ0n) is 14.1. The average molecular weight is 376 g/mol. The molecule has 0 atom stereocenters. The molecule has 1 aliphatic heterocycles. The van der Waals surface area contributed by atoms with E-state index in [1.807, 2.05) is 0 Å². The van der Waals surface area contributed by atoms with Crippen LogP contribution in [0.15, 0.2) is 48.5 Å². The Morgan fingerprint density at radius 2 is 1.73 bits per heavy atom. The summed E-state index contributed by atoms with van der Waals surface area (Å²) in [5.74, 6) is -0.838. The molecule has 1 heterocycles. The number of carbonyl (C=O) groups is 2. The maximum Gasteiger partial charge on any atom is 0.233 e. The standard InChI is InChI=1S/C19H19ClFN3O2/c20-14-2-1-3-16(12-14)22-18(25)13-19(26)24-10-8-23(9-11-24)17-6-4-15(21)5-7-17/h1-7,12H,8-11,13H2,(H,22,25). The molecule has 0 bridgehead atoms. The third-order valence-corrected chi connectivity index (χ3v) is 4.48. The number of rotatable bonds is 4. The summed E-state index contributed by atoms with van der Waals surface area (Å²) in [6.45, 7) is 2.35. The molecule has 1 aliphatic rings. The zero-order chi connectivity index (χ0) is 18.5. The molecular weight excluding hydrogens is 357 g/mol. The molecule has 3 rings (SSSR count). The molecular formula is C19H19ClFN3O2. The molecule has 136 valence electrons. The molecule has 7 heteroatoms. The third kappa shape index (κ3) is 4.73. The van der Waals surface area contributed by atoms with Crippen LogP contribution in [0.1, 0.15) is 6.42 Å². The van der Waals surface area contributed by atoms with Crippen molar-refractivity contribution in [3.63, 3.8) is 0 Å². The highest BCUT2D eigenvalue weighted by atomic mass is 35.5. The highest BCUT2D eigenvalue weighted by Gasteiger charge is 2.23. The molecule has 0 aromatic heterocycles. The van der Waals surface area contributed by atoms with Gasteiger partial charge in [0, 0.05) is 42.6 Å². The Bertz CT molecular complexity index is 790. The van der Waals surface area contributed by atoms with Gasteiger partial charge < -0.3 is 15.1 Å². The molecule has 0 aliphatic carbocycles. The van der Waals surface area contributed by atoms with Crippen LogP contribution in [0.5, 0.6) is 0 Å². The van der Waals surface area contributed by atoms with Gasteiger partial charge in [0.1, 0.15) is 12.2 Å². The van der Waals surface area contributed by atoms with Crippen LogP contribution >= 0.6 is 11.6 Å². The Morgan fingerprint density at radius 1 is 1.04 bits per heavy atom. The highest BCUT2D eigenvalue weighted by Crippen LogP contribution is 2.18. The first kappa shape index (κ1) is 18.2. The van der Waals surface area contributed by atoms with Crippen LogP contribution in [0.2, 0.25) is 5.02 Å². The van der Waals surface area contributed by atoms with E-state index in [-0.39, 0.29) is 24.1 Å². The Hall–Kier alpha value is -2.60. The molecule has 2 amide bonds. The fourth-order valence-corrected chi connectivity index (χ4v) is 3.08. The lowest BCUT2D eigenvalue weighted by Gasteiger charge is -2.36. The molecule has 5 nitrogen and oxygen atoms in total. The lowest BCUT2D eigenvalue weighted by molar-refractivity contribution is -0.134. The lowest BCUT2D eigenvalue weighted by atomic mass is 10.2. The molecule has 1 saturated heterocycles. The van der Waals surface area contributed by atoms with Crippen LogP contribution in [0.25, 0.3) is 0 Å². The van der Waals surface area contributed by atoms with Crippen LogP contribution in [0, 0.1) is 5.82 Å². The van der Waals surface area contributed by atoms with Crippen molar-refractivity contribution in [1.29, 1.82) is 0 Å². The Balaban J connectivity index is 1.48. The van der Waals surface area contributed by atoms with Crippen LogP contribution in [-0.2, 0) is 9.59 Å². The normalized spacial score (nSPS) is 14.2. The predicted molar refractivity (Wildman–Crippen MR) is 99.9 cm³/mol. The van der Waals surface area contributed by atoms with E-state index in [0.717, 1.165) is 5.69 Å². The van der Waals surface area contributed by atoms with Crippen molar-refractivity contribution in [3.05, 3.63) is 59.4 Å². The predicted octanol–water partition coefficient (Wildman–Crippen LogP) is 3.16. The molecule has 0 spiro atoms. The zero-order valence-corrected chi connectivity index (χ0v) is 14.9. The van der Waals surface area contributed by atoms with Gasteiger partial charge in [-0.2, -0.15) is 0 Å². The largest absolute Gasteiger partial charge is 0.368 e. The van der Waals surface area contributed by atoms with Gasteiger partial charge in [-0.15, -0.1) is 0 Å². The van der Waals surface area contributed by atoms with Gasteiger partial charge in [0.2, 0.25) is 11.8 Å². The SMILES string of the molecule is O=C(CC(=O)N1CCN(c2ccc(F)cc2)CC1)Nc1cccc(Cl)c1. The molecule has 2 aromatic carbocycles. The number of carbonyl (C=O) groups excluding carboxylic acids is 2. The summed E-state index contributed by atoms with van der Waals surface area (Å²) in [6.07, 6.45) is -0.205. The van der Waals surface area contributed by atoms with Crippen LogP contribution in [0.4, 0.5) is 15.8 Å². The summed E-state index contributed by atoms with van der Waals surface area (Å²) in [7, 11) is 0. The van der Waals surface area contributed by atoms with Crippen molar-refractivity contribution in [2.24, 2.45) is 0 Å². The maximum absolute atomic E-state index is 13.0. The Labute approximate surface area is 156 Å². The third-order valence-electron chi connectivity index (χ3n) is 4.24. The summed E-state index contributed by atoms with van der Waals surface area (Å²) < 4.78 is 13.0. The fraction of sp³-hybridized carbons (Fsp3) is 0.263. The summed E-state index contributed by atoms with van der Waals surface area (Å²) >= 11 is 5.88. The second-order valence-electron chi connectivity index (χ2n) is 6.08. The van der Waals surface area contributed by atoms with Gasteiger partial charge in [-0.1, -0.05) is 17.7 Å². The molecule has 1 N–H and O–H groups in total. The number of nitrogens with one attached hydrogen (secondary N) is 1. The maximum atomic E-state index is 13.0. The molecule has 0 radical (unpaired) electrons. The van der Waals surface area contributed by atoms with Crippen molar-refractivity contribution < 1.29 is 14.0 Å². The number of hydrogen-bond acceptors (Lipinski definition) is 3. The molecule has 2 aromatic rings. The number of nitrogens with zero attached hydrogens (tertiary/aromatic N) is 2. The first-order valence-corrected chi connectivity index (χ1v) is 8.73. The second kappa shape index (κ2) is 8.19. The van der Waals surface area contributed by atoms with Crippen LogP contribution < -0.4 is 10.2 Å². The van der Waals surface area contributed by atoms with E-state index in [1.165, 1.54) is 12.1 Å². The number of halogens is 2. The van der Waals surface area contributed by atoms with E-state index in [2.05, 4.69) is 10.2 Å². The summed E-state index contributed by atoms with van der Waals surface area (Å²) in [6, 6.07) is 13.1. The van der Waals surface area contributed by atoms with E-state index in [4.69, 9.17) is 11.6 Å². The fourth-order valence-electron chi connectivity index (χ4n) is 2.89. The van der Waals surface area contributed by atoms with E-state index < -0.39 is 0 Å². The number of benzene rings is 2. The van der Waals surface area contributed by atoms with Crippen molar-refractivity contribution >= 4 is 34.8 Å². The van der Waals surface area contributed by atoms with E-state index >= 15 is 0 Å². The number of anilines is 2. The molecule has 26 heavy (non-hydrogen) atoms. The summed E-state index contributed by atoms with van der Waals surface area (Å²) in [5, 5.41) is 3.20. The second-order valence-corrected chi connectivity index (χ2v) is 6.52. The lowest BCUT2D eigenvalue weighted by Crippen LogP contribution is -2.49. The van der Waals surface area contributed by atoms with Crippen molar-refractivity contribution in [2.45, 2.75) is 6.42 Å². The first-order valence-electron chi connectivity index (χ1n) is 8.35. The van der Waals surface area contributed by atoms with Crippen molar-refractivity contribution in [2.75, 3.05) is 36.4 Å². The van der Waals surface area contributed by atoms with Gasteiger partial charge in [0.05, 0.1) is 0 Å². The number of piperazine rings is 1. The van der Waals surface area contributed by atoms with Crippen LogP contribution in [-0.4, -0.2) is 42.9 Å². The number of amides is 2.